The van der Waals surface area contributed by atoms with Crippen molar-refractivity contribution >= 4 is 0 Å². The second-order valence-electron chi connectivity index (χ2n) is 12.9. The van der Waals surface area contributed by atoms with Crippen LogP contribution in [0.4, 0.5) is 0 Å². The van der Waals surface area contributed by atoms with E-state index in [9.17, 15) is 15.3 Å². The average Bonchev–Trinajstić information content (AvgIpc) is 3.57. The average molecular weight is 760 g/mol. The molecule has 3 aromatic carbocycles. The van der Waals surface area contributed by atoms with Gasteiger partial charge < -0.3 is 20.1 Å². The van der Waals surface area contributed by atoms with Gasteiger partial charge in [0.15, 0.2) is 0 Å². The molecule has 0 bridgehead atoms. The number of hydrogen-bond acceptors (Lipinski definition) is 7. The summed E-state index contributed by atoms with van der Waals surface area (Å²) in [5.41, 5.74) is 8.15. The Morgan fingerprint density at radius 3 is 0.978 bits per heavy atom. The van der Waals surface area contributed by atoms with Gasteiger partial charge in [-0.1, -0.05) is 69.8 Å². The van der Waals surface area contributed by atoms with Crippen molar-refractivity contribution in [3.8, 4) is 17.2 Å². The first kappa shape index (κ1) is 37.6. The fourth-order valence-corrected chi connectivity index (χ4v) is 6.37. The molecule has 0 radical (unpaired) electrons. The molecule has 3 aromatic rings. The third-order valence-corrected chi connectivity index (χ3v) is 8.69. The van der Waals surface area contributed by atoms with Crippen LogP contribution >= 0.6 is 0 Å². The van der Waals surface area contributed by atoms with Crippen LogP contribution in [0.15, 0.2) is 36.4 Å². The Hall–Kier alpha value is -1.81. The maximum absolute atomic E-state index is 12.9. The van der Waals surface area contributed by atoms with Gasteiger partial charge in [-0.15, -0.1) is 17.2 Å². The van der Waals surface area contributed by atoms with Gasteiger partial charge in [0, 0.05) is 72.1 Å². The summed E-state index contributed by atoms with van der Waals surface area (Å²) in [5, 5.41) is 38.7. The van der Waals surface area contributed by atoms with Gasteiger partial charge in [-0.3, -0.25) is 14.7 Å². The Morgan fingerprint density at radius 1 is 0.489 bits per heavy atom. The maximum atomic E-state index is 12.9. The quantitative estimate of drug-likeness (QED) is 0.369. The van der Waals surface area contributed by atoms with Gasteiger partial charge in [-0.2, -0.15) is 0 Å². The van der Waals surface area contributed by atoms with E-state index in [2.05, 4.69) is 14.7 Å². The van der Waals surface area contributed by atoms with Crippen molar-refractivity contribution in [2.75, 3.05) is 52.5 Å². The molecule has 0 N–H and O–H groups in total. The van der Waals surface area contributed by atoms with Crippen molar-refractivity contribution in [2.24, 2.45) is 0 Å². The van der Waals surface area contributed by atoms with E-state index in [-0.39, 0.29) is 55.9 Å². The summed E-state index contributed by atoms with van der Waals surface area (Å²) in [5.74, 6) is 0.352. The van der Waals surface area contributed by atoms with Crippen LogP contribution in [0, 0.1) is 80.2 Å². The van der Waals surface area contributed by atoms with Crippen molar-refractivity contribution in [3.63, 3.8) is 0 Å². The van der Waals surface area contributed by atoms with Gasteiger partial charge >= 0.3 is 38.6 Å². The fraction of sp³-hybridized carbons (Fsp3) is 0.514. The third kappa shape index (κ3) is 11.1. The zero-order valence-electron chi connectivity index (χ0n) is 28.0. The van der Waals surface area contributed by atoms with Crippen molar-refractivity contribution in [1.29, 1.82) is 0 Å². The van der Waals surface area contributed by atoms with E-state index in [1.54, 1.807) is 0 Å². The van der Waals surface area contributed by atoms with E-state index in [0.717, 1.165) is 103 Å². The molecule has 0 aromatic heterocycles. The van der Waals surface area contributed by atoms with Crippen LogP contribution in [-0.4, -0.2) is 67.2 Å². The molecular weight excluding hydrogens is 709 g/mol. The van der Waals surface area contributed by atoms with Gasteiger partial charge in [-0.25, -0.2) is 0 Å². The number of rotatable bonds is 6. The minimum absolute atomic E-state index is 0. The number of nitrogens with zero attached hydrogens (tertiary/aromatic N) is 3. The molecule has 0 unspecified atom stereocenters. The standard InChI is InChI=1S/C33H45N3O3.C4H8O.Tb/c1-22-13-25(4)31(37)28(16-22)19-34-7-9-35(20-29-17-23(2)14-26(5)32(29)38)11-12-36(10-8-34)21-30-18-24(3)15-27(6)33(30)39;1-2-4-5-3-1;/h13-18,37-39H,7-12,19-21H2,1-6H3;1-4H2;/q;;+3/p-3. The summed E-state index contributed by atoms with van der Waals surface area (Å²) >= 11 is 0. The van der Waals surface area contributed by atoms with Gasteiger partial charge in [0.2, 0.25) is 0 Å². The number of hydrogen-bond donors (Lipinski definition) is 0. The van der Waals surface area contributed by atoms with E-state index in [1.807, 2.05) is 77.9 Å². The zero-order valence-corrected chi connectivity index (χ0v) is 30.1. The molecule has 0 spiro atoms. The first-order valence-corrected chi connectivity index (χ1v) is 16.1. The second kappa shape index (κ2) is 17.9. The fourth-order valence-electron chi connectivity index (χ4n) is 6.37. The second-order valence-corrected chi connectivity index (χ2v) is 12.9. The predicted molar refractivity (Wildman–Crippen MR) is 172 cm³/mol. The van der Waals surface area contributed by atoms with Gasteiger partial charge in [-0.05, 0) is 71.1 Å². The summed E-state index contributed by atoms with van der Waals surface area (Å²) in [7, 11) is 0. The van der Waals surface area contributed by atoms with E-state index in [4.69, 9.17) is 4.74 Å². The summed E-state index contributed by atoms with van der Waals surface area (Å²) in [4.78, 5) is 7.04. The molecule has 2 saturated heterocycles. The zero-order chi connectivity index (χ0) is 31.8. The van der Waals surface area contributed by atoms with Crippen LogP contribution in [-0.2, 0) is 24.4 Å². The first-order valence-electron chi connectivity index (χ1n) is 16.1. The Balaban J connectivity index is 0.000000837. The Labute approximate surface area is 301 Å². The summed E-state index contributed by atoms with van der Waals surface area (Å²) in [6, 6.07) is 11.9. The number of aryl methyl sites for hydroxylation is 6. The van der Waals surface area contributed by atoms with Gasteiger partial charge in [0.1, 0.15) is 0 Å². The van der Waals surface area contributed by atoms with E-state index >= 15 is 0 Å². The maximum Gasteiger partial charge on any atom is 3.00 e. The molecule has 2 aliphatic rings. The molecule has 5 rings (SSSR count). The van der Waals surface area contributed by atoms with Gasteiger partial charge in [0.25, 0.3) is 0 Å². The monoisotopic (exact) mass is 759 g/mol. The molecule has 7 nitrogen and oxygen atoms in total. The van der Waals surface area contributed by atoms with Gasteiger partial charge in [0.05, 0.1) is 0 Å². The molecule has 0 aliphatic carbocycles. The van der Waals surface area contributed by atoms with Crippen molar-refractivity contribution in [3.05, 3.63) is 86.5 Å². The van der Waals surface area contributed by atoms with E-state index in [0.29, 0.717) is 19.6 Å². The molecule has 0 atom stereocenters. The molecule has 0 saturated carbocycles. The molecular formula is C37H50N3O4Tb. The third-order valence-electron chi connectivity index (χ3n) is 8.69. The Morgan fingerprint density at radius 2 is 0.756 bits per heavy atom. The smallest absolute Gasteiger partial charge is 0.872 e. The molecule has 2 aliphatic heterocycles. The molecule has 246 valence electrons. The van der Waals surface area contributed by atoms with Crippen LogP contribution in [0.3, 0.4) is 0 Å². The molecule has 2 heterocycles. The topological polar surface area (TPSA) is 88.1 Å². The first-order chi connectivity index (χ1) is 21.0. The minimum atomic E-state index is 0. The SMILES string of the molecule is C1CCOC1.Cc1cc(C)c([O-])c(CN2CCN(Cc3cc(C)cc(C)c3[O-])CCN(Cc3cc(C)cc(C)c3[O-])CC2)c1.[Tb+3]. The van der Waals surface area contributed by atoms with Crippen LogP contribution in [0.1, 0.15) is 62.9 Å². The summed E-state index contributed by atoms with van der Waals surface area (Å²) in [6.07, 6.45) is 2.56. The van der Waals surface area contributed by atoms with Crippen molar-refractivity contribution < 1.29 is 58.7 Å². The Bertz CT molecular complexity index is 1230. The van der Waals surface area contributed by atoms with E-state index in [1.165, 1.54) is 12.8 Å². The normalized spacial score (nSPS) is 16.7. The largest absolute Gasteiger partial charge is 3.00 e. The number of benzene rings is 3. The van der Waals surface area contributed by atoms with Crippen molar-refractivity contribution in [2.45, 2.75) is 74.0 Å². The Kier molecular flexibility index (Phi) is 15.0. The molecule has 0 amide bonds. The van der Waals surface area contributed by atoms with Crippen LogP contribution in [0.25, 0.3) is 0 Å². The van der Waals surface area contributed by atoms with Crippen LogP contribution in [0.2, 0.25) is 0 Å². The van der Waals surface area contributed by atoms with Crippen molar-refractivity contribution in [1.82, 2.24) is 14.7 Å². The summed E-state index contributed by atoms with van der Waals surface area (Å²) < 4.78 is 4.94. The predicted octanol–water partition coefficient (Wildman–Crippen LogP) is 4.37. The molecule has 45 heavy (non-hydrogen) atoms. The van der Waals surface area contributed by atoms with Crippen LogP contribution < -0.4 is 15.3 Å². The minimum Gasteiger partial charge on any atom is -0.872 e. The van der Waals surface area contributed by atoms with Crippen LogP contribution in [0.5, 0.6) is 17.2 Å². The number of ether oxygens (including phenoxy) is 1. The molecule has 2 fully saturated rings. The molecule has 8 heteroatoms. The summed E-state index contributed by atoms with van der Waals surface area (Å²) in [6.45, 7) is 20.3. The van der Waals surface area contributed by atoms with E-state index < -0.39 is 0 Å².